The Kier molecular flexibility index (Phi) is 11.2. The van der Waals surface area contributed by atoms with Crippen molar-refractivity contribution in [2.75, 3.05) is 39.8 Å². The number of aryl methyl sites for hydroxylation is 1. The maximum atomic E-state index is 12.9. The summed E-state index contributed by atoms with van der Waals surface area (Å²) in [6.45, 7) is 4.93. The molecule has 0 saturated carbocycles. The summed E-state index contributed by atoms with van der Waals surface area (Å²) in [5.74, 6) is -5.00. The largest absolute Gasteiger partial charge is 0.490 e. The van der Waals surface area contributed by atoms with Gasteiger partial charge in [0.1, 0.15) is 5.69 Å². The molecule has 0 radical (unpaired) electrons. The van der Waals surface area contributed by atoms with Crippen LogP contribution in [-0.4, -0.2) is 105 Å². The second kappa shape index (κ2) is 13.8. The summed E-state index contributed by atoms with van der Waals surface area (Å²) >= 11 is 0. The zero-order chi connectivity index (χ0) is 31.0. The van der Waals surface area contributed by atoms with Gasteiger partial charge in [0.15, 0.2) is 0 Å². The number of hydrogen-bond donors (Lipinski definition) is 2. The molecule has 0 aliphatic carbocycles. The first-order valence-corrected chi connectivity index (χ1v) is 12.0. The summed E-state index contributed by atoms with van der Waals surface area (Å²) in [6, 6.07) is 5.76. The summed E-state index contributed by atoms with van der Waals surface area (Å²) in [6.07, 6.45) is -3.84. The lowest BCUT2D eigenvalue weighted by Crippen LogP contribution is -2.38. The molecule has 2 saturated heterocycles. The topological polar surface area (TPSA) is 138 Å². The monoisotopic (exact) mass is 597 g/mol. The fourth-order valence-electron chi connectivity index (χ4n) is 4.61. The number of carboxylic acid groups (broad SMARTS) is 2. The summed E-state index contributed by atoms with van der Waals surface area (Å²) in [5, 5.41) is 18.4. The van der Waals surface area contributed by atoms with E-state index in [-0.39, 0.29) is 11.3 Å². The van der Waals surface area contributed by atoms with Gasteiger partial charge in [-0.25, -0.2) is 9.59 Å². The highest BCUT2D eigenvalue weighted by atomic mass is 19.4. The number of hydrogen-bond acceptors (Lipinski definition) is 7. The lowest BCUT2D eigenvalue weighted by Gasteiger charge is -2.30. The van der Waals surface area contributed by atoms with Crippen LogP contribution in [0.2, 0.25) is 0 Å². The van der Waals surface area contributed by atoms with Crippen molar-refractivity contribution in [2.24, 2.45) is 18.4 Å². The Hall–Kier alpha value is -3.73. The number of likely N-dealkylation sites (tertiary alicyclic amines) is 2. The Balaban J connectivity index is 0.000000349. The van der Waals surface area contributed by atoms with Gasteiger partial charge >= 0.3 is 24.3 Å². The minimum atomic E-state index is -5.08. The molecule has 2 aromatic heterocycles. The third kappa shape index (κ3) is 9.70. The Labute approximate surface area is 230 Å². The standard InChI is InChI=1S/C20H27N5O2.2C2HF3O2/c1-23-11-17(13-27-12-16-4-3-7-21-10-16)20(14-23)6-9-25(15-20)19(26)18-5-8-22-24(18)2;2*3-2(4,5)1(6)7/h3-5,7-8,10,17H,6,9,11-15H2,1-2H3;2*(H,6,7)/t17-,20-;;/m1../s1. The van der Waals surface area contributed by atoms with E-state index in [4.69, 9.17) is 24.5 Å². The number of nitrogens with zero attached hydrogens (tertiary/aromatic N) is 5. The van der Waals surface area contributed by atoms with E-state index in [1.54, 1.807) is 23.1 Å². The molecule has 11 nitrogen and oxygen atoms in total. The van der Waals surface area contributed by atoms with Crippen molar-refractivity contribution in [3.63, 3.8) is 0 Å². The highest BCUT2D eigenvalue weighted by Gasteiger charge is 2.50. The van der Waals surface area contributed by atoms with Crippen molar-refractivity contribution < 1.29 is 55.7 Å². The number of rotatable bonds is 5. The van der Waals surface area contributed by atoms with Crippen molar-refractivity contribution in [1.82, 2.24) is 24.6 Å². The van der Waals surface area contributed by atoms with Crippen LogP contribution >= 0.6 is 0 Å². The van der Waals surface area contributed by atoms with Crippen LogP contribution in [-0.2, 0) is 28.0 Å². The smallest absolute Gasteiger partial charge is 0.475 e. The minimum Gasteiger partial charge on any atom is -0.475 e. The number of pyridine rings is 1. The van der Waals surface area contributed by atoms with E-state index in [1.807, 2.05) is 30.3 Å². The number of amides is 1. The number of aromatic nitrogens is 3. The lowest BCUT2D eigenvalue weighted by atomic mass is 9.77. The Morgan fingerprint density at radius 3 is 2.12 bits per heavy atom. The van der Waals surface area contributed by atoms with E-state index in [0.717, 1.165) is 38.2 Å². The van der Waals surface area contributed by atoms with Gasteiger partial charge in [0.2, 0.25) is 0 Å². The summed E-state index contributed by atoms with van der Waals surface area (Å²) in [4.78, 5) is 39.2. The first-order valence-electron chi connectivity index (χ1n) is 12.0. The van der Waals surface area contributed by atoms with Gasteiger partial charge in [0, 0.05) is 63.2 Å². The first kappa shape index (κ1) is 33.5. The lowest BCUT2D eigenvalue weighted by molar-refractivity contribution is -0.193. The van der Waals surface area contributed by atoms with Crippen LogP contribution in [0.25, 0.3) is 0 Å². The molecule has 2 atom stereocenters. The summed E-state index contributed by atoms with van der Waals surface area (Å²) in [7, 11) is 3.98. The molecule has 1 amide bonds. The molecule has 2 aliphatic heterocycles. The first-order chi connectivity index (χ1) is 19.0. The zero-order valence-corrected chi connectivity index (χ0v) is 22.0. The summed E-state index contributed by atoms with van der Waals surface area (Å²) < 4.78 is 71.2. The zero-order valence-electron chi connectivity index (χ0n) is 22.0. The highest BCUT2D eigenvalue weighted by molar-refractivity contribution is 5.92. The maximum absolute atomic E-state index is 12.9. The van der Waals surface area contributed by atoms with E-state index in [9.17, 15) is 31.1 Å². The van der Waals surface area contributed by atoms with Gasteiger partial charge in [0.05, 0.1) is 13.2 Å². The van der Waals surface area contributed by atoms with E-state index in [0.29, 0.717) is 24.8 Å². The van der Waals surface area contributed by atoms with Crippen molar-refractivity contribution in [3.8, 4) is 0 Å². The maximum Gasteiger partial charge on any atom is 0.490 e. The van der Waals surface area contributed by atoms with Gasteiger partial charge in [0.25, 0.3) is 5.91 Å². The van der Waals surface area contributed by atoms with E-state index in [1.165, 1.54) is 0 Å². The molecule has 0 bridgehead atoms. The van der Waals surface area contributed by atoms with Crippen LogP contribution in [0.1, 0.15) is 22.5 Å². The van der Waals surface area contributed by atoms with Crippen LogP contribution in [0.3, 0.4) is 0 Å². The van der Waals surface area contributed by atoms with Crippen LogP contribution in [0.15, 0.2) is 36.8 Å². The second-order valence-corrected chi connectivity index (χ2v) is 9.56. The molecule has 17 heteroatoms. The molecule has 41 heavy (non-hydrogen) atoms. The van der Waals surface area contributed by atoms with Gasteiger partial charge in [-0.05, 0) is 31.2 Å². The fourth-order valence-corrected chi connectivity index (χ4v) is 4.61. The van der Waals surface area contributed by atoms with Crippen molar-refractivity contribution >= 4 is 17.8 Å². The fraction of sp³-hybridized carbons (Fsp3) is 0.542. The molecular weight excluding hydrogens is 568 g/mol. The number of aliphatic carboxylic acids is 2. The van der Waals surface area contributed by atoms with Crippen molar-refractivity contribution in [2.45, 2.75) is 25.4 Å². The van der Waals surface area contributed by atoms with Gasteiger partial charge in [-0.2, -0.15) is 31.4 Å². The number of carboxylic acids is 2. The number of carbonyl (C=O) groups excluding carboxylic acids is 1. The minimum absolute atomic E-state index is 0.0801. The third-order valence-corrected chi connectivity index (χ3v) is 6.49. The van der Waals surface area contributed by atoms with E-state index in [2.05, 4.69) is 22.0 Å². The van der Waals surface area contributed by atoms with Gasteiger partial charge < -0.3 is 24.7 Å². The van der Waals surface area contributed by atoms with Crippen LogP contribution < -0.4 is 0 Å². The summed E-state index contributed by atoms with van der Waals surface area (Å²) in [5.41, 5.74) is 1.87. The molecule has 2 fully saturated rings. The second-order valence-electron chi connectivity index (χ2n) is 9.56. The Morgan fingerprint density at radius 1 is 1.02 bits per heavy atom. The molecule has 1 spiro atoms. The molecule has 2 aliphatic rings. The van der Waals surface area contributed by atoms with Crippen molar-refractivity contribution in [1.29, 1.82) is 0 Å². The van der Waals surface area contributed by atoms with Gasteiger partial charge in [-0.3, -0.25) is 14.5 Å². The van der Waals surface area contributed by atoms with E-state index < -0.39 is 24.3 Å². The molecule has 228 valence electrons. The van der Waals surface area contributed by atoms with E-state index >= 15 is 0 Å². The molecule has 2 aromatic rings. The molecular formula is C24H29F6N5O6. The van der Waals surface area contributed by atoms with Crippen molar-refractivity contribution in [3.05, 3.63) is 48.0 Å². The van der Waals surface area contributed by atoms with Gasteiger partial charge in [-0.15, -0.1) is 0 Å². The van der Waals surface area contributed by atoms with Crippen LogP contribution in [0.4, 0.5) is 26.3 Å². The predicted molar refractivity (Wildman–Crippen MR) is 128 cm³/mol. The Morgan fingerprint density at radius 2 is 1.63 bits per heavy atom. The predicted octanol–water partition coefficient (Wildman–Crippen LogP) is 2.69. The highest BCUT2D eigenvalue weighted by Crippen LogP contribution is 2.44. The molecule has 4 rings (SSSR count). The SMILES string of the molecule is CN1C[C@H](COCc2cccnc2)[C@]2(CCN(C(=O)c3ccnn3C)C2)C1.O=C(O)C(F)(F)F.O=C(O)C(F)(F)F. The number of carbonyl (C=O) groups is 3. The number of alkyl halides is 6. The number of halogens is 6. The molecule has 0 aromatic carbocycles. The van der Waals surface area contributed by atoms with Gasteiger partial charge in [-0.1, -0.05) is 6.07 Å². The average Bonchev–Trinajstić information content (AvgIpc) is 3.58. The molecule has 0 unspecified atom stereocenters. The van der Waals surface area contributed by atoms with Crippen LogP contribution in [0.5, 0.6) is 0 Å². The van der Waals surface area contributed by atoms with Crippen LogP contribution in [0, 0.1) is 11.3 Å². The number of ether oxygens (including phenoxy) is 1. The third-order valence-electron chi connectivity index (χ3n) is 6.49. The quantitative estimate of drug-likeness (QED) is 0.499. The average molecular weight is 598 g/mol. The Bertz CT molecular complexity index is 1150. The molecule has 2 N–H and O–H groups in total. The molecule has 4 heterocycles. The normalized spacial score (nSPS) is 20.7.